The number of imidazole rings is 1. The summed E-state index contributed by atoms with van der Waals surface area (Å²) in [6.45, 7) is 1.41. The molecule has 29 heavy (non-hydrogen) atoms. The quantitative estimate of drug-likeness (QED) is 0.466. The molecule has 8 heteroatoms. The Morgan fingerprint density at radius 1 is 0.931 bits per heavy atom. The Bertz CT molecular complexity index is 1280. The Morgan fingerprint density at radius 3 is 2.31 bits per heavy atom. The molecule has 0 unspecified atom stereocenters. The van der Waals surface area contributed by atoms with Crippen LogP contribution in [0.15, 0.2) is 77.7 Å². The van der Waals surface area contributed by atoms with Gasteiger partial charge in [-0.1, -0.05) is 30.3 Å². The molecule has 0 fully saturated rings. The predicted octanol–water partition coefficient (Wildman–Crippen LogP) is 3.99. The van der Waals surface area contributed by atoms with Gasteiger partial charge in [0.25, 0.3) is 10.0 Å². The lowest BCUT2D eigenvalue weighted by atomic mass is 10.2. The lowest BCUT2D eigenvalue weighted by Gasteiger charge is -2.09. The van der Waals surface area contributed by atoms with Crippen molar-refractivity contribution in [1.29, 1.82) is 0 Å². The number of hydrogen-bond donors (Lipinski definition) is 3. The Morgan fingerprint density at radius 2 is 1.62 bits per heavy atom. The molecule has 0 saturated carbocycles. The van der Waals surface area contributed by atoms with E-state index in [4.69, 9.17) is 0 Å². The summed E-state index contributed by atoms with van der Waals surface area (Å²) in [4.78, 5) is 18.9. The Labute approximate surface area is 167 Å². The van der Waals surface area contributed by atoms with E-state index in [0.717, 1.165) is 5.56 Å². The van der Waals surface area contributed by atoms with Crippen molar-refractivity contribution in [2.24, 2.45) is 0 Å². The fourth-order valence-electron chi connectivity index (χ4n) is 2.93. The molecule has 3 N–H and O–H groups in total. The summed E-state index contributed by atoms with van der Waals surface area (Å²) in [7, 11) is -3.78. The Balaban J connectivity index is 1.60. The van der Waals surface area contributed by atoms with E-state index in [1.54, 1.807) is 36.4 Å². The van der Waals surface area contributed by atoms with Crippen molar-refractivity contribution in [3.63, 3.8) is 0 Å². The van der Waals surface area contributed by atoms with E-state index in [1.807, 2.05) is 30.3 Å². The van der Waals surface area contributed by atoms with Crippen LogP contribution in [0.5, 0.6) is 0 Å². The van der Waals surface area contributed by atoms with E-state index in [-0.39, 0.29) is 10.8 Å². The average Bonchev–Trinajstić information content (AvgIpc) is 3.13. The molecule has 1 heterocycles. The van der Waals surface area contributed by atoms with E-state index >= 15 is 0 Å². The second-order valence-electron chi connectivity index (χ2n) is 6.49. The number of benzene rings is 3. The largest absolute Gasteiger partial charge is 0.338 e. The number of carbonyl (C=O) groups is 1. The molecule has 0 atom stereocenters. The summed E-state index contributed by atoms with van der Waals surface area (Å²) in [5.41, 5.74) is 3.22. The Hall–Kier alpha value is -3.65. The highest BCUT2D eigenvalue weighted by Gasteiger charge is 2.16. The first-order valence-corrected chi connectivity index (χ1v) is 10.3. The summed E-state index contributed by atoms with van der Waals surface area (Å²) in [6, 6.07) is 20.8. The highest BCUT2D eigenvalue weighted by molar-refractivity contribution is 7.92. The Kier molecular flexibility index (Phi) is 4.77. The second kappa shape index (κ2) is 7.40. The number of amides is 1. The highest BCUT2D eigenvalue weighted by Crippen LogP contribution is 2.24. The van der Waals surface area contributed by atoms with Crippen LogP contribution in [0.25, 0.3) is 22.4 Å². The topological polar surface area (TPSA) is 104 Å². The summed E-state index contributed by atoms with van der Waals surface area (Å²) in [5, 5.41) is 2.64. The first-order valence-electron chi connectivity index (χ1n) is 8.86. The summed E-state index contributed by atoms with van der Waals surface area (Å²) in [6.07, 6.45) is 0. The number of sulfonamides is 1. The molecule has 1 amide bonds. The van der Waals surface area contributed by atoms with Crippen molar-refractivity contribution in [3.8, 4) is 11.4 Å². The maximum absolute atomic E-state index is 12.8. The van der Waals surface area contributed by atoms with Crippen LogP contribution in [-0.2, 0) is 14.8 Å². The first-order chi connectivity index (χ1) is 13.9. The fraction of sp³-hybridized carbons (Fsp3) is 0.0476. The molecule has 0 radical (unpaired) electrons. The van der Waals surface area contributed by atoms with Gasteiger partial charge < -0.3 is 10.3 Å². The monoisotopic (exact) mass is 406 g/mol. The molecule has 7 nitrogen and oxygen atoms in total. The van der Waals surface area contributed by atoms with Crippen LogP contribution < -0.4 is 10.0 Å². The lowest BCUT2D eigenvalue weighted by Crippen LogP contribution is -2.13. The number of aromatic amines is 1. The van der Waals surface area contributed by atoms with Gasteiger partial charge in [-0.3, -0.25) is 9.52 Å². The SMILES string of the molecule is CC(=O)Nc1ccc(NS(=O)(=O)c2ccc3nc(-c4ccccc4)[nH]c3c2)cc1. The van der Waals surface area contributed by atoms with Crippen LogP contribution in [0.4, 0.5) is 11.4 Å². The summed E-state index contributed by atoms with van der Waals surface area (Å²) >= 11 is 0. The van der Waals surface area contributed by atoms with Gasteiger partial charge in [-0.05, 0) is 42.5 Å². The zero-order chi connectivity index (χ0) is 20.4. The van der Waals surface area contributed by atoms with Gasteiger partial charge in [0.2, 0.25) is 5.91 Å². The molecule has 146 valence electrons. The van der Waals surface area contributed by atoms with Crippen molar-refractivity contribution in [1.82, 2.24) is 9.97 Å². The standard InChI is InChI=1S/C21H18N4O3S/c1-14(26)22-16-7-9-17(10-8-16)25-29(27,28)18-11-12-19-20(13-18)24-21(23-19)15-5-3-2-4-6-15/h2-13,25H,1H3,(H,22,26)(H,23,24). The van der Waals surface area contributed by atoms with Crippen molar-refractivity contribution < 1.29 is 13.2 Å². The highest BCUT2D eigenvalue weighted by atomic mass is 32.2. The first kappa shape index (κ1) is 18.7. The van der Waals surface area contributed by atoms with Crippen molar-refractivity contribution in [3.05, 3.63) is 72.8 Å². The minimum Gasteiger partial charge on any atom is -0.338 e. The molecule has 0 aliphatic rings. The van der Waals surface area contributed by atoms with Gasteiger partial charge in [-0.25, -0.2) is 13.4 Å². The van der Waals surface area contributed by atoms with E-state index in [1.165, 1.54) is 13.0 Å². The molecule has 0 spiro atoms. The third-order valence-electron chi connectivity index (χ3n) is 4.27. The molecule has 0 aliphatic carbocycles. The van der Waals surface area contributed by atoms with Gasteiger partial charge >= 0.3 is 0 Å². The molecule has 4 aromatic rings. The number of hydrogen-bond acceptors (Lipinski definition) is 4. The lowest BCUT2D eigenvalue weighted by molar-refractivity contribution is -0.114. The van der Waals surface area contributed by atoms with Gasteiger partial charge in [-0.2, -0.15) is 0 Å². The van der Waals surface area contributed by atoms with Crippen LogP contribution in [0.1, 0.15) is 6.92 Å². The van der Waals surface area contributed by atoms with Crippen LogP contribution in [0.2, 0.25) is 0 Å². The fourth-order valence-corrected chi connectivity index (χ4v) is 4.01. The molecule has 0 aliphatic heterocycles. The molecule has 0 bridgehead atoms. The molecule has 0 saturated heterocycles. The van der Waals surface area contributed by atoms with E-state index in [9.17, 15) is 13.2 Å². The number of nitrogens with one attached hydrogen (secondary N) is 3. The molecule has 4 rings (SSSR count). The van der Waals surface area contributed by atoms with Gasteiger partial charge in [-0.15, -0.1) is 0 Å². The maximum Gasteiger partial charge on any atom is 0.261 e. The molecule has 3 aromatic carbocycles. The average molecular weight is 406 g/mol. The number of H-pyrrole nitrogens is 1. The number of anilines is 2. The number of fused-ring (bicyclic) bond motifs is 1. The smallest absolute Gasteiger partial charge is 0.261 e. The van der Waals surface area contributed by atoms with Gasteiger partial charge in [0.15, 0.2) is 0 Å². The third-order valence-corrected chi connectivity index (χ3v) is 5.65. The third kappa shape index (κ3) is 4.12. The minimum atomic E-state index is -3.78. The number of nitrogens with zero attached hydrogens (tertiary/aromatic N) is 1. The summed E-state index contributed by atoms with van der Waals surface area (Å²) in [5.74, 6) is 0.484. The van der Waals surface area contributed by atoms with Crippen LogP contribution in [0, 0.1) is 0 Å². The number of carbonyl (C=O) groups excluding carboxylic acids is 1. The van der Waals surface area contributed by atoms with E-state index in [0.29, 0.717) is 28.2 Å². The van der Waals surface area contributed by atoms with Crippen molar-refractivity contribution >= 4 is 38.3 Å². The van der Waals surface area contributed by atoms with E-state index in [2.05, 4.69) is 20.0 Å². The van der Waals surface area contributed by atoms with Crippen molar-refractivity contribution in [2.75, 3.05) is 10.0 Å². The van der Waals surface area contributed by atoms with Gasteiger partial charge in [0, 0.05) is 23.9 Å². The zero-order valence-corrected chi connectivity index (χ0v) is 16.3. The molecular formula is C21H18N4O3S. The number of rotatable bonds is 5. The maximum atomic E-state index is 12.8. The normalized spacial score (nSPS) is 11.3. The second-order valence-corrected chi connectivity index (χ2v) is 8.18. The molecular weight excluding hydrogens is 388 g/mol. The van der Waals surface area contributed by atoms with Crippen LogP contribution in [0.3, 0.4) is 0 Å². The van der Waals surface area contributed by atoms with Crippen LogP contribution in [-0.4, -0.2) is 24.3 Å². The van der Waals surface area contributed by atoms with Crippen molar-refractivity contribution in [2.45, 2.75) is 11.8 Å². The van der Waals surface area contributed by atoms with Gasteiger partial charge in [0.1, 0.15) is 5.82 Å². The molecule has 1 aromatic heterocycles. The zero-order valence-electron chi connectivity index (χ0n) is 15.5. The summed E-state index contributed by atoms with van der Waals surface area (Å²) < 4.78 is 28.1. The minimum absolute atomic E-state index is 0.124. The van der Waals surface area contributed by atoms with Gasteiger partial charge in [0.05, 0.1) is 15.9 Å². The number of aromatic nitrogens is 2. The van der Waals surface area contributed by atoms with E-state index < -0.39 is 10.0 Å². The predicted molar refractivity (Wildman–Crippen MR) is 113 cm³/mol. The van der Waals surface area contributed by atoms with Crippen LogP contribution >= 0.6 is 0 Å².